The topological polar surface area (TPSA) is 95.9 Å². The number of thioether (sulfide) groups is 1. The number of carboxylic acid groups (broad SMARTS) is 1. The zero-order valence-corrected chi connectivity index (χ0v) is 20.9. The molecule has 1 aliphatic heterocycles. The van der Waals surface area contributed by atoms with Crippen molar-refractivity contribution in [2.24, 2.45) is 5.92 Å². The van der Waals surface area contributed by atoms with E-state index in [9.17, 15) is 19.5 Å². The molecule has 2 unspecified atom stereocenters. The van der Waals surface area contributed by atoms with Gasteiger partial charge in [-0.15, -0.1) is 0 Å². The monoisotopic (exact) mass is 496 g/mol. The molecule has 8 heteroatoms. The molecule has 35 heavy (non-hydrogen) atoms. The first-order valence-corrected chi connectivity index (χ1v) is 13.4. The Morgan fingerprint density at radius 1 is 1.11 bits per heavy atom. The Balaban J connectivity index is 1.40. The largest absolute Gasteiger partial charge is 0.481 e. The summed E-state index contributed by atoms with van der Waals surface area (Å²) < 4.78 is 5.66. The standard InChI is InChI=1S/C27H32N2O5S/c1-17-15-18(26(31)32)11-13-29(17)25(30)24(12-14-35-2)28-27(33)34-16-23-21-9-5-3-7-19(21)20-8-4-6-10-22(20)23/h3-10,17-18,23-24H,11-16H2,1-2H3,(H,28,33)(H,31,32)/t17?,18?,24-/m0/s1. The van der Waals surface area contributed by atoms with Crippen LogP contribution in [-0.2, 0) is 14.3 Å². The van der Waals surface area contributed by atoms with Gasteiger partial charge in [0.05, 0.1) is 5.92 Å². The lowest BCUT2D eigenvalue weighted by molar-refractivity contribution is -0.148. The molecule has 0 radical (unpaired) electrons. The van der Waals surface area contributed by atoms with Crippen LogP contribution in [0.25, 0.3) is 11.1 Å². The number of carboxylic acids is 1. The number of likely N-dealkylation sites (tertiary alicyclic amines) is 1. The zero-order chi connectivity index (χ0) is 24.9. The third-order valence-electron chi connectivity index (χ3n) is 7.05. The highest BCUT2D eigenvalue weighted by molar-refractivity contribution is 7.98. The van der Waals surface area contributed by atoms with Crippen LogP contribution in [0, 0.1) is 5.92 Å². The maximum Gasteiger partial charge on any atom is 0.407 e. The van der Waals surface area contributed by atoms with E-state index in [4.69, 9.17) is 4.74 Å². The second-order valence-electron chi connectivity index (χ2n) is 9.24. The van der Waals surface area contributed by atoms with Crippen LogP contribution in [0.3, 0.4) is 0 Å². The summed E-state index contributed by atoms with van der Waals surface area (Å²) >= 11 is 1.60. The number of rotatable bonds is 8. The SMILES string of the molecule is CSCC[C@H](NC(=O)OCC1c2ccccc2-c2ccccc21)C(=O)N1CCC(C(=O)O)CC1C. The Morgan fingerprint density at radius 2 is 1.74 bits per heavy atom. The van der Waals surface area contributed by atoms with Crippen LogP contribution in [0.4, 0.5) is 4.79 Å². The molecule has 2 amide bonds. The van der Waals surface area contributed by atoms with Crippen molar-refractivity contribution in [2.45, 2.75) is 44.2 Å². The number of aliphatic carboxylic acids is 1. The van der Waals surface area contributed by atoms with E-state index >= 15 is 0 Å². The smallest absolute Gasteiger partial charge is 0.407 e. The summed E-state index contributed by atoms with van der Waals surface area (Å²) in [5.41, 5.74) is 4.58. The fourth-order valence-electron chi connectivity index (χ4n) is 5.20. The van der Waals surface area contributed by atoms with Gasteiger partial charge in [0.1, 0.15) is 12.6 Å². The maximum absolute atomic E-state index is 13.3. The summed E-state index contributed by atoms with van der Waals surface area (Å²) in [6.45, 7) is 2.43. The van der Waals surface area contributed by atoms with E-state index in [-0.39, 0.29) is 24.5 Å². The predicted octanol–water partition coefficient (Wildman–Crippen LogP) is 4.36. The van der Waals surface area contributed by atoms with Gasteiger partial charge in [-0.05, 0) is 60.4 Å². The number of carbonyl (C=O) groups excluding carboxylic acids is 2. The van der Waals surface area contributed by atoms with E-state index < -0.39 is 24.0 Å². The zero-order valence-electron chi connectivity index (χ0n) is 20.1. The Morgan fingerprint density at radius 3 is 2.31 bits per heavy atom. The molecule has 0 saturated carbocycles. The number of nitrogens with one attached hydrogen (secondary N) is 1. The molecule has 2 aromatic rings. The van der Waals surface area contributed by atoms with Gasteiger partial charge in [-0.2, -0.15) is 11.8 Å². The Bertz CT molecular complexity index is 1050. The Kier molecular flexibility index (Phi) is 8.00. The number of ether oxygens (including phenoxy) is 1. The highest BCUT2D eigenvalue weighted by atomic mass is 32.2. The van der Waals surface area contributed by atoms with Gasteiger partial charge in [-0.3, -0.25) is 9.59 Å². The van der Waals surface area contributed by atoms with Gasteiger partial charge in [-0.1, -0.05) is 48.5 Å². The van der Waals surface area contributed by atoms with Gasteiger partial charge >= 0.3 is 12.1 Å². The van der Waals surface area contributed by atoms with E-state index in [1.807, 2.05) is 37.4 Å². The number of nitrogens with zero attached hydrogens (tertiary/aromatic N) is 1. The van der Waals surface area contributed by atoms with Gasteiger partial charge in [0.15, 0.2) is 0 Å². The van der Waals surface area contributed by atoms with Crippen molar-refractivity contribution in [2.75, 3.05) is 25.2 Å². The number of alkyl carbamates (subject to hydrolysis) is 1. The minimum atomic E-state index is -0.820. The highest BCUT2D eigenvalue weighted by Gasteiger charge is 2.36. The lowest BCUT2D eigenvalue weighted by Crippen LogP contribution is -2.54. The van der Waals surface area contributed by atoms with Crippen LogP contribution < -0.4 is 5.32 Å². The first-order valence-electron chi connectivity index (χ1n) is 12.0. The minimum absolute atomic E-state index is 0.0523. The van der Waals surface area contributed by atoms with Crippen molar-refractivity contribution in [3.05, 3.63) is 59.7 Å². The molecule has 7 nitrogen and oxygen atoms in total. The number of hydrogen-bond acceptors (Lipinski definition) is 5. The molecule has 4 rings (SSSR count). The lowest BCUT2D eigenvalue weighted by atomic mass is 9.91. The quantitative estimate of drug-likeness (QED) is 0.564. The number of hydrogen-bond donors (Lipinski definition) is 2. The Labute approximate surface area is 210 Å². The molecule has 1 aliphatic carbocycles. The van der Waals surface area contributed by atoms with Crippen LogP contribution >= 0.6 is 11.8 Å². The molecule has 0 aromatic heterocycles. The molecule has 1 saturated heterocycles. The normalized spacial score (nSPS) is 20.0. The molecule has 3 atom stereocenters. The molecular formula is C27H32N2O5S. The van der Waals surface area contributed by atoms with Crippen molar-refractivity contribution in [1.29, 1.82) is 0 Å². The Hall–Kier alpha value is -3.00. The summed E-state index contributed by atoms with van der Waals surface area (Å²) in [4.78, 5) is 39.2. The van der Waals surface area contributed by atoms with Crippen molar-refractivity contribution in [3.63, 3.8) is 0 Å². The molecule has 186 valence electrons. The number of carbonyl (C=O) groups is 3. The van der Waals surface area contributed by atoms with E-state index in [2.05, 4.69) is 29.6 Å². The van der Waals surface area contributed by atoms with Crippen LogP contribution in [0.2, 0.25) is 0 Å². The highest BCUT2D eigenvalue weighted by Crippen LogP contribution is 2.44. The first-order chi connectivity index (χ1) is 16.9. The van der Waals surface area contributed by atoms with Crippen LogP contribution in [-0.4, -0.2) is 65.2 Å². The lowest BCUT2D eigenvalue weighted by Gasteiger charge is -2.38. The second kappa shape index (κ2) is 11.2. The summed E-state index contributed by atoms with van der Waals surface area (Å²) in [5, 5.41) is 12.1. The van der Waals surface area contributed by atoms with Gasteiger partial charge in [-0.25, -0.2) is 4.79 Å². The maximum atomic E-state index is 13.3. The average molecular weight is 497 g/mol. The van der Waals surface area contributed by atoms with Gasteiger partial charge in [0, 0.05) is 18.5 Å². The fourth-order valence-corrected chi connectivity index (χ4v) is 5.67. The van der Waals surface area contributed by atoms with Crippen molar-refractivity contribution >= 4 is 29.7 Å². The van der Waals surface area contributed by atoms with E-state index in [0.717, 1.165) is 22.3 Å². The summed E-state index contributed by atoms with van der Waals surface area (Å²) in [6.07, 6.45) is 2.66. The molecule has 1 heterocycles. The van der Waals surface area contributed by atoms with Crippen molar-refractivity contribution in [3.8, 4) is 11.1 Å². The molecule has 0 spiro atoms. The molecule has 2 N–H and O–H groups in total. The third-order valence-corrected chi connectivity index (χ3v) is 7.70. The van der Waals surface area contributed by atoms with E-state index in [0.29, 0.717) is 31.6 Å². The number of fused-ring (bicyclic) bond motifs is 3. The van der Waals surface area contributed by atoms with Crippen molar-refractivity contribution < 1.29 is 24.2 Å². The van der Waals surface area contributed by atoms with E-state index in [1.165, 1.54) is 0 Å². The first kappa shape index (κ1) is 25.1. The van der Waals surface area contributed by atoms with Gasteiger partial charge in [0.25, 0.3) is 0 Å². The summed E-state index contributed by atoms with van der Waals surface area (Å²) in [5.74, 6) is -0.777. The minimum Gasteiger partial charge on any atom is -0.481 e. The van der Waals surface area contributed by atoms with Gasteiger partial charge in [0.2, 0.25) is 5.91 Å². The number of benzene rings is 2. The van der Waals surface area contributed by atoms with Crippen LogP contribution in [0.1, 0.15) is 43.2 Å². The molecule has 2 aromatic carbocycles. The average Bonchev–Trinajstić information content (AvgIpc) is 3.18. The molecule has 1 fully saturated rings. The third kappa shape index (κ3) is 5.48. The molecular weight excluding hydrogens is 464 g/mol. The van der Waals surface area contributed by atoms with E-state index in [1.54, 1.807) is 16.7 Å². The van der Waals surface area contributed by atoms with Crippen LogP contribution in [0.15, 0.2) is 48.5 Å². The predicted molar refractivity (Wildman–Crippen MR) is 137 cm³/mol. The summed E-state index contributed by atoms with van der Waals surface area (Å²) in [7, 11) is 0. The van der Waals surface area contributed by atoms with Crippen LogP contribution in [0.5, 0.6) is 0 Å². The number of amides is 2. The molecule has 2 aliphatic rings. The summed E-state index contributed by atoms with van der Waals surface area (Å²) in [6, 6.07) is 15.4. The number of piperidine rings is 1. The fraction of sp³-hybridized carbons (Fsp3) is 0.444. The van der Waals surface area contributed by atoms with Crippen molar-refractivity contribution in [1.82, 2.24) is 10.2 Å². The second-order valence-corrected chi connectivity index (χ2v) is 10.2. The molecule has 0 bridgehead atoms. The van der Waals surface area contributed by atoms with Gasteiger partial charge < -0.3 is 20.1 Å².